The fourth-order valence-corrected chi connectivity index (χ4v) is 3.45. The predicted octanol–water partition coefficient (Wildman–Crippen LogP) is 0.428. The van der Waals surface area contributed by atoms with E-state index >= 15 is 0 Å². The molecule has 3 heterocycles. The van der Waals surface area contributed by atoms with Gasteiger partial charge in [0.25, 0.3) is 5.91 Å². The minimum atomic E-state index is 0.0296. The molecule has 0 aliphatic carbocycles. The molecule has 2 aliphatic rings. The number of amides is 1. The SMILES string of the molecule is COCCN1CCO[C@@H]2CCN(C(=O)c3ccnnc3)CC[C@H]21. The Labute approximate surface area is 136 Å². The fourth-order valence-electron chi connectivity index (χ4n) is 3.45. The van der Waals surface area contributed by atoms with Gasteiger partial charge in [0.05, 0.1) is 37.3 Å². The Morgan fingerprint density at radius 3 is 3.00 bits per heavy atom. The van der Waals surface area contributed by atoms with Crippen LogP contribution in [0, 0.1) is 0 Å². The van der Waals surface area contributed by atoms with E-state index in [0.717, 1.165) is 52.2 Å². The number of carbonyl (C=O) groups is 1. The van der Waals surface area contributed by atoms with Gasteiger partial charge >= 0.3 is 0 Å². The molecule has 1 amide bonds. The first kappa shape index (κ1) is 16.3. The molecule has 0 bridgehead atoms. The molecule has 2 atom stereocenters. The van der Waals surface area contributed by atoms with Crippen molar-refractivity contribution in [2.45, 2.75) is 25.0 Å². The third kappa shape index (κ3) is 3.85. The lowest BCUT2D eigenvalue weighted by Gasteiger charge is -2.40. The molecule has 7 nitrogen and oxygen atoms in total. The smallest absolute Gasteiger partial charge is 0.255 e. The number of methoxy groups -OCH3 is 1. The van der Waals surface area contributed by atoms with Gasteiger partial charge in [-0.15, -0.1) is 0 Å². The van der Waals surface area contributed by atoms with E-state index in [-0.39, 0.29) is 12.0 Å². The summed E-state index contributed by atoms with van der Waals surface area (Å²) in [6.07, 6.45) is 5.09. The van der Waals surface area contributed by atoms with Gasteiger partial charge in [-0.05, 0) is 18.9 Å². The second kappa shape index (κ2) is 7.81. The second-order valence-corrected chi connectivity index (χ2v) is 6.01. The van der Waals surface area contributed by atoms with E-state index in [1.165, 1.54) is 6.20 Å². The van der Waals surface area contributed by atoms with Crippen LogP contribution < -0.4 is 0 Å². The Hall–Kier alpha value is -1.57. The molecule has 126 valence electrons. The highest BCUT2D eigenvalue weighted by Crippen LogP contribution is 2.24. The summed E-state index contributed by atoms with van der Waals surface area (Å²) in [6, 6.07) is 2.08. The molecule has 23 heavy (non-hydrogen) atoms. The molecule has 3 rings (SSSR count). The maximum absolute atomic E-state index is 12.6. The normalized spacial score (nSPS) is 25.7. The third-order valence-corrected chi connectivity index (χ3v) is 4.69. The average Bonchev–Trinajstić information content (AvgIpc) is 2.83. The lowest BCUT2D eigenvalue weighted by atomic mass is 10.0. The predicted molar refractivity (Wildman–Crippen MR) is 84.1 cm³/mol. The van der Waals surface area contributed by atoms with Crippen molar-refractivity contribution in [1.29, 1.82) is 0 Å². The lowest BCUT2D eigenvalue weighted by molar-refractivity contribution is -0.0761. The number of ether oxygens (including phenoxy) is 2. The molecule has 0 saturated carbocycles. The van der Waals surface area contributed by atoms with Gasteiger partial charge in [0.15, 0.2) is 0 Å². The number of nitrogens with zero attached hydrogens (tertiary/aromatic N) is 4. The first-order valence-electron chi connectivity index (χ1n) is 8.20. The summed E-state index contributed by atoms with van der Waals surface area (Å²) in [5.74, 6) is 0.0296. The highest BCUT2D eigenvalue weighted by molar-refractivity contribution is 5.93. The topological polar surface area (TPSA) is 67.8 Å². The minimum absolute atomic E-state index is 0.0296. The van der Waals surface area contributed by atoms with Crippen molar-refractivity contribution in [3.8, 4) is 0 Å². The highest BCUT2D eigenvalue weighted by atomic mass is 16.5. The van der Waals surface area contributed by atoms with Crippen LogP contribution in [0.3, 0.4) is 0 Å². The first-order chi connectivity index (χ1) is 11.3. The van der Waals surface area contributed by atoms with Crippen LogP contribution >= 0.6 is 0 Å². The van der Waals surface area contributed by atoms with E-state index in [2.05, 4.69) is 15.1 Å². The monoisotopic (exact) mass is 320 g/mol. The summed E-state index contributed by atoms with van der Waals surface area (Å²) in [6.45, 7) is 4.81. The largest absolute Gasteiger partial charge is 0.383 e. The zero-order valence-electron chi connectivity index (χ0n) is 13.6. The average molecular weight is 320 g/mol. The molecule has 1 aromatic rings. The molecular formula is C16H24N4O3. The van der Waals surface area contributed by atoms with E-state index in [4.69, 9.17) is 9.47 Å². The van der Waals surface area contributed by atoms with Crippen LogP contribution in [0.25, 0.3) is 0 Å². The van der Waals surface area contributed by atoms with Gasteiger partial charge in [-0.3, -0.25) is 9.69 Å². The number of hydrogen-bond acceptors (Lipinski definition) is 6. The van der Waals surface area contributed by atoms with Gasteiger partial charge in [0, 0.05) is 39.3 Å². The highest BCUT2D eigenvalue weighted by Gasteiger charge is 2.35. The van der Waals surface area contributed by atoms with Crippen LogP contribution in [0.1, 0.15) is 23.2 Å². The zero-order valence-corrected chi connectivity index (χ0v) is 13.6. The molecule has 2 fully saturated rings. The number of carbonyl (C=O) groups excluding carboxylic acids is 1. The number of likely N-dealkylation sites (tertiary alicyclic amines) is 1. The summed E-state index contributed by atoms with van der Waals surface area (Å²) in [7, 11) is 1.73. The van der Waals surface area contributed by atoms with Crippen LogP contribution in [-0.2, 0) is 9.47 Å². The Balaban J connectivity index is 1.65. The molecule has 0 aromatic carbocycles. The van der Waals surface area contributed by atoms with Gasteiger partial charge in [0.1, 0.15) is 0 Å². The molecule has 1 aromatic heterocycles. The molecule has 0 radical (unpaired) electrons. The maximum Gasteiger partial charge on any atom is 0.255 e. The van der Waals surface area contributed by atoms with Crippen molar-refractivity contribution in [2.24, 2.45) is 0 Å². The zero-order chi connectivity index (χ0) is 16.1. The van der Waals surface area contributed by atoms with E-state index in [9.17, 15) is 4.79 Å². The molecule has 2 saturated heterocycles. The fraction of sp³-hybridized carbons (Fsp3) is 0.688. The molecule has 0 spiro atoms. The van der Waals surface area contributed by atoms with E-state index in [1.807, 2.05) is 4.90 Å². The Morgan fingerprint density at radius 2 is 2.22 bits per heavy atom. The Morgan fingerprint density at radius 1 is 1.35 bits per heavy atom. The van der Waals surface area contributed by atoms with E-state index < -0.39 is 0 Å². The van der Waals surface area contributed by atoms with E-state index in [1.54, 1.807) is 19.4 Å². The molecule has 0 unspecified atom stereocenters. The lowest BCUT2D eigenvalue weighted by Crippen LogP contribution is -2.52. The number of morpholine rings is 1. The Kier molecular flexibility index (Phi) is 5.53. The summed E-state index contributed by atoms with van der Waals surface area (Å²) >= 11 is 0. The standard InChI is InChI=1S/C16H24N4O3/c1-22-10-8-19-9-11-23-15-4-7-20(6-3-14(15)19)16(21)13-2-5-17-18-12-13/h2,5,12,14-15H,3-4,6-11H2,1H3/t14-,15-/m1/s1. The van der Waals surface area contributed by atoms with Gasteiger partial charge in [0.2, 0.25) is 0 Å². The quantitative estimate of drug-likeness (QED) is 0.801. The summed E-state index contributed by atoms with van der Waals surface area (Å²) in [5, 5.41) is 7.53. The minimum Gasteiger partial charge on any atom is -0.383 e. The van der Waals surface area contributed by atoms with Gasteiger partial charge < -0.3 is 14.4 Å². The van der Waals surface area contributed by atoms with Gasteiger partial charge in [-0.25, -0.2) is 0 Å². The van der Waals surface area contributed by atoms with Crippen molar-refractivity contribution in [3.63, 3.8) is 0 Å². The summed E-state index contributed by atoms with van der Waals surface area (Å²) < 4.78 is 11.2. The van der Waals surface area contributed by atoms with Crippen LogP contribution in [0.15, 0.2) is 18.5 Å². The molecule has 0 N–H and O–H groups in total. The van der Waals surface area contributed by atoms with Gasteiger partial charge in [-0.1, -0.05) is 0 Å². The van der Waals surface area contributed by atoms with E-state index in [0.29, 0.717) is 11.6 Å². The summed E-state index contributed by atoms with van der Waals surface area (Å²) in [4.78, 5) is 16.9. The maximum atomic E-state index is 12.6. The van der Waals surface area contributed by atoms with Crippen molar-refractivity contribution in [1.82, 2.24) is 20.0 Å². The number of aromatic nitrogens is 2. The third-order valence-electron chi connectivity index (χ3n) is 4.69. The molecule has 7 heteroatoms. The van der Waals surface area contributed by atoms with Crippen LogP contribution in [0.4, 0.5) is 0 Å². The number of fused-ring (bicyclic) bond motifs is 1. The number of rotatable bonds is 4. The summed E-state index contributed by atoms with van der Waals surface area (Å²) in [5.41, 5.74) is 0.599. The Bertz CT molecular complexity index is 513. The van der Waals surface area contributed by atoms with Crippen LogP contribution in [-0.4, -0.2) is 84.6 Å². The second-order valence-electron chi connectivity index (χ2n) is 6.01. The van der Waals surface area contributed by atoms with Gasteiger partial charge in [-0.2, -0.15) is 10.2 Å². The van der Waals surface area contributed by atoms with Crippen molar-refractivity contribution < 1.29 is 14.3 Å². The van der Waals surface area contributed by atoms with Crippen molar-refractivity contribution in [2.75, 3.05) is 46.5 Å². The van der Waals surface area contributed by atoms with Crippen molar-refractivity contribution >= 4 is 5.91 Å². The molecule has 2 aliphatic heterocycles. The first-order valence-corrected chi connectivity index (χ1v) is 8.20. The van der Waals surface area contributed by atoms with Crippen LogP contribution in [0.2, 0.25) is 0 Å². The molecular weight excluding hydrogens is 296 g/mol. The number of hydrogen-bond donors (Lipinski definition) is 0. The van der Waals surface area contributed by atoms with Crippen LogP contribution in [0.5, 0.6) is 0 Å². The van der Waals surface area contributed by atoms with Crippen molar-refractivity contribution in [3.05, 3.63) is 24.0 Å².